The number of hydrogen-bond donors (Lipinski definition) is 0. The van der Waals surface area contributed by atoms with Crippen LogP contribution in [0.1, 0.15) is 24.8 Å². The van der Waals surface area contributed by atoms with E-state index < -0.39 is 20.7 Å². The van der Waals surface area contributed by atoms with Gasteiger partial charge in [0.15, 0.2) is 0 Å². The zero-order valence-corrected chi connectivity index (χ0v) is 12.7. The van der Waals surface area contributed by atoms with E-state index in [4.69, 9.17) is 16.3 Å². The Morgan fingerprint density at radius 1 is 1.05 bits per heavy atom. The Balaban J connectivity index is 2.22. The van der Waals surface area contributed by atoms with Crippen LogP contribution in [0.4, 0.5) is 19.4 Å². The van der Waals surface area contributed by atoms with Gasteiger partial charge in [-0.05, 0) is 24.8 Å². The van der Waals surface area contributed by atoms with Gasteiger partial charge in [-0.15, -0.1) is 0 Å². The van der Waals surface area contributed by atoms with Crippen LogP contribution in [-0.4, -0.2) is 6.61 Å². The van der Waals surface area contributed by atoms with Crippen molar-refractivity contribution in [3.63, 3.8) is 0 Å². The SMILES string of the molecule is FS(F)(F)(F)(F)/C=C(/Cl)CCCCOCc1ccccc1. The summed E-state index contributed by atoms with van der Waals surface area (Å²) in [6, 6.07) is 9.37. The summed E-state index contributed by atoms with van der Waals surface area (Å²) in [5.74, 6) is 0. The normalized spacial score (nSPS) is 16.4. The van der Waals surface area contributed by atoms with E-state index in [2.05, 4.69) is 0 Å². The van der Waals surface area contributed by atoms with Crippen molar-refractivity contribution in [1.29, 1.82) is 0 Å². The quantitative estimate of drug-likeness (QED) is 0.372. The molecule has 122 valence electrons. The van der Waals surface area contributed by atoms with E-state index in [0.717, 1.165) is 5.56 Å². The third-order valence-corrected chi connectivity index (χ3v) is 3.57. The van der Waals surface area contributed by atoms with Crippen molar-refractivity contribution >= 4 is 21.8 Å². The van der Waals surface area contributed by atoms with Crippen molar-refractivity contribution in [3.05, 3.63) is 46.3 Å². The monoisotopic (exact) mass is 350 g/mol. The van der Waals surface area contributed by atoms with E-state index in [1.165, 1.54) is 0 Å². The fourth-order valence-electron chi connectivity index (χ4n) is 1.56. The molecule has 1 rings (SSSR count). The van der Waals surface area contributed by atoms with Gasteiger partial charge >= 0.3 is 10.2 Å². The van der Waals surface area contributed by atoms with Crippen LogP contribution >= 0.6 is 21.8 Å². The molecule has 0 bridgehead atoms. The zero-order valence-electron chi connectivity index (χ0n) is 11.1. The fraction of sp³-hybridized carbons (Fsp3) is 0.385. The number of hydrogen-bond acceptors (Lipinski definition) is 1. The second-order valence-corrected chi connectivity index (χ2v) is 7.37. The van der Waals surface area contributed by atoms with Crippen LogP contribution in [0, 0.1) is 0 Å². The van der Waals surface area contributed by atoms with Crippen molar-refractivity contribution in [1.82, 2.24) is 0 Å². The molecule has 1 nitrogen and oxygen atoms in total. The fourth-order valence-corrected chi connectivity index (χ4v) is 2.80. The minimum absolute atomic E-state index is 0.248. The number of unbranched alkanes of at least 4 members (excludes halogenated alkanes) is 1. The second-order valence-electron chi connectivity index (χ2n) is 4.59. The Morgan fingerprint density at radius 2 is 1.67 bits per heavy atom. The summed E-state index contributed by atoms with van der Waals surface area (Å²) in [4.78, 5) is 0. The summed E-state index contributed by atoms with van der Waals surface area (Å²) < 4.78 is 65.8. The van der Waals surface area contributed by atoms with Gasteiger partial charge in [0.2, 0.25) is 0 Å². The topological polar surface area (TPSA) is 9.23 Å². The first-order chi connectivity index (χ1) is 9.45. The average molecular weight is 351 g/mol. The molecule has 1 aromatic carbocycles. The van der Waals surface area contributed by atoms with E-state index in [9.17, 15) is 19.4 Å². The van der Waals surface area contributed by atoms with Gasteiger partial charge in [-0.25, -0.2) is 0 Å². The molecule has 0 aromatic heterocycles. The first kappa shape index (κ1) is 18.3. The molecular weight excluding hydrogens is 335 g/mol. The maximum absolute atomic E-state index is 12.1. The Kier molecular flexibility index (Phi) is 5.34. The van der Waals surface area contributed by atoms with Gasteiger partial charge in [0.25, 0.3) is 0 Å². The van der Waals surface area contributed by atoms with Crippen LogP contribution in [0.15, 0.2) is 40.8 Å². The second kappa shape index (κ2) is 6.14. The summed E-state index contributed by atoms with van der Waals surface area (Å²) in [6.45, 7) is 0.728. The van der Waals surface area contributed by atoms with E-state index in [0.29, 0.717) is 19.6 Å². The highest BCUT2D eigenvalue weighted by atomic mass is 35.5. The molecule has 0 unspecified atom stereocenters. The van der Waals surface area contributed by atoms with Crippen LogP contribution in [0.5, 0.6) is 0 Å². The van der Waals surface area contributed by atoms with Gasteiger partial charge in [-0.3, -0.25) is 0 Å². The highest BCUT2D eigenvalue weighted by molar-refractivity contribution is 8.48. The summed E-state index contributed by atoms with van der Waals surface area (Å²) in [7, 11) is -9.56. The van der Waals surface area contributed by atoms with E-state index >= 15 is 0 Å². The van der Waals surface area contributed by atoms with Gasteiger partial charge in [0, 0.05) is 11.6 Å². The molecule has 0 saturated carbocycles. The summed E-state index contributed by atoms with van der Waals surface area (Å²) in [6.07, 6.45) is 0.441. The molecule has 0 atom stereocenters. The first-order valence-electron chi connectivity index (χ1n) is 6.18. The highest BCUT2D eigenvalue weighted by Crippen LogP contribution is 2.99. The number of ether oxygens (including phenoxy) is 1. The van der Waals surface area contributed by atoms with Gasteiger partial charge in [0.05, 0.1) is 12.0 Å². The van der Waals surface area contributed by atoms with Gasteiger partial charge in [-0.1, -0.05) is 61.4 Å². The van der Waals surface area contributed by atoms with Crippen molar-refractivity contribution in [3.8, 4) is 0 Å². The minimum Gasteiger partial charge on any atom is -0.377 e. The molecule has 0 amide bonds. The van der Waals surface area contributed by atoms with Crippen LogP contribution in [0.2, 0.25) is 0 Å². The van der Waals surface area contributed by atoms with E-state index in [1.54, 1.807) is 0 Å². The van der Waals surface area contributed by atoms with Crippen molar-refractivity contribution in [2.75, 3.05) is 6.61 Å². The van der Waals surface area contributed by atoms with Gasteiger partial charge < -0.3 is 4.74 Å². The Labute approximate surface area is 125 Å². The largest absolute Gasteiger partial charge is 0.377 e. The first-order valence-corrected chi connectivity index (χ1v) is 8.57. The number of rotatable bonds is 8. The lowest BCUT2D eigenvalue weighted by atomic mass is 10.2. The molecular formula is C13H16ClF5OS. The molecule has 0 radical (unpaired) electrons. The summed E-state index contributed by atoms with van der Waals surface area (Å²) in [5.41, 5.74) is 0.983. The lowest BCUT2D eigenvalue weighted by molar-refractivity contribution is 0.117. The molecule has 0 spiro atoms. The Hall–Kier alpha value is -0.790. The van der Waals surface area contributed by atoms with Crippen molar-refractivity contribution < 1.29 is 24.2 Å². The lowest BCUT2D eigenvalue weighted by Gasteiger charge is -2.37. The van der Waals surface area contributed by atoms with Gasteiger partial charge in [-0.2, -0.15) is 0 Å². The molecule has 0 aliphatic heterocycles. The number of benzene rings is 1. The number of allylic oxidation sites excluding steroid dienone is 1. The minimum atomic E-state index is -9.56. The van der Waals surface area contributed by atoms with Gasteiger partial charge in [0.1, 0.15) is 0 Å². The van der Waals surface area contributed by atoms with E-state index in [1.807, 2.05) is 30.3 Å². The molecule has 0 fully saturated rings. The van der Waals surface area contributed by atoms with Crippen LogP contribution in [0.25, 0.3) is 0 Å². The molecule has 8 heteroatoms. The lowest BCUT2D eigenvalue weighted by Crippen LogP contribution is -2.00. The molecule has 0 saturated heterocycles. The average Bonchev–Trinajstić information content (AvgIpc) is 2.31. The van der Waals surface area contributed by atoms with Crippen LogP contribution in [-0.2, 0) is 11.3 Å². The highest BCUT2D eigenvalue weighted by Gasteiger charge is 2.61. The molecule has 0 aliphatic carbocycles. The standard InChI is InChI=1S/C13H16ClF5OS/c14-13(11-21(15,16,17,18)19)8-4-5-9-20-10-12-6-2-1-3-7-12/h1-3,6-7,11H,4-5,8-10H2/b13-11+. The van der Waals surface area contributed by atoms with Crippen molar-refractivity contribution in [2.24, 2.45) is 0 Å². The number of halogens is 6. The zero-order chi connectivity index (χ0) is 16.0. The predicted molar refractivity (Wildman–Crippen MR) is 77.0 cm³/mol. The maximum atomic E-state index is 12.1. The van der Waals surface area contributed by atoms with E-state index in [-0.39, 0.29) is 12.8 Å². The molecule has 0 heterocycles. The van der Waals surface area contributed by atoms with Crippen molar-refractivity contribution in [2.45, 2.75) is 25.9 Å². The Bertz CT molecular complexity index is 486. The predicted octanol–water partition coefficient (Wildman–Crippen LogP) is 6.75. The smallest absolute Gasteiger partial charge is 0.305 e. The third-order valence-electron chi connectivity index (χ3n) is 2.42. The Morgan fingerprint density at radius 3 is 2.24 bits per heavy atom. The summed E-state index contributed by atoms with van der Waals surface area (Å²) >= 11 is 5.20. The maximum Gasteiger partial charge on any atom is 0.305 e. The molecule has 21 heavy (non-hydrogen) atoms. The van der Waals surface area contributed by atoms with Crippen LogP contribution in [0.3, 0.4) is 0 Å². The third kappa shape index (κ3) is 10.6. The summed E-state index contributed by atoms with van der Waals surface area (Å²) in [5, 5.41) is -1.91. The molecule has 1 aromatic rings. The molecule has 0 aliphatic rings. The molecule has 0 N–H and O–H groups in total. The van der Waals surface area contributed by atoms with Crippen LogP contribution < -0.4 is 0 Å².